The lowest BCUT2D eigenvalue weighted by Crippen LogP contribution is -2.12. The van der Waals surface area contributed by atoms with Crippen LogP contribution in [-0.2, 0) is 5.41 Å². The minimum atomic E-state index is -0.442. The van der Waals surface area contributed by atoms with Gasteiger partial charge in [-0.3, -0.25) is 0 Å². The molecule has 0 saturated heterocycles. The minimum absolute atomic E-state index is 0.0159. The van der Waals surface area contributed by atoms with E-state index < -0.39 is 5.97 Å². The summed E-state index contributed by atoms with van der Waals surface area (Å²) in [7, 11) is 0. The summed E-state index contributed by atoms with van der Waals surface area (Å²) in [6, 6.07) is 18.5. The van der Waals surface area contributed by atoms with Crippen LogP contribution in [0.25, 0.3) is 22.2 Å². The van der Waals surface area contributed by atoms with E-state index in [9.17, 15) is 9.18 Å². The van der Waals surface area contributed by atoms with Crippen LogP contribution < -0.4 is 4.74 Å². The molecule has 0 aliphatic rings. The topological polar surface area (TPSA) is 52.3 Å². The van der Waals surface area contributed by atoms with Gasteiger partial charge in [0.05, 0.1) is 5.56 Å². The van der Waals surface area contributed by atoms with E-state index in [4.69, 9.17) is 9.26 Å². The number of carbonyl (C=O) groups excluding carboxylic acids is 1. The minimum Gasteiger partial charge on any atom is -0.423 e. The standard InChI is InChI=1S/C24H20FNO3/c1-24(2,3)17-8-4-16(5-9-17)23(27)28-19-12-13-20-21(14-19)29-26-22(20)15-6-10-18(25)11-7-15/h4-14H,1-3H3. The van der Waals surface area contributed by atoms with Crippen LogP contribution in [0.3, 0.4) is 0 Å². The van der Waals surface area contributed by atoms with Crippen molar-refractivity contribution in [3.63, 3.8) is 0 Å². The van der Waals surface area contributed by atoms with Gasteiger partial charge in [0.25, 0.3) is 0 Å². The molecule has 0 spiro atoms. The maximum absolute atomic E-state index is 13.1. The Morgan fingerprint density at radius 1 is 0.966 bits per heavy atom. The van der Waals surface area contributed by atoms with Crippen LogP contribution >= 0.6 is 0 Å². The second-order valence-corrected chi connectivity index (χ2v) is 7.91. The van der Waals surface area contributed by atoms with Crippen LogP contribution in [0.4, 0.5) is 4.39 Å². The molecule has 3 aromatic carbocycles. The van der Waals surface area contributed by atoms with Gasteiger partial charge < -0.3 is 9.26 Å². The first-order valence-corrected chi connectivity index (χ1v) is 9.29. The van der Waals surface area contributed by atoms with Crippen molar-refractivity contribution in [1.29, 1.82) is 0 Å². The lowest BCUT2D eigenvalue weighted by molar-refractivity contribution is 0.0735. The van der Waals surface area contributed by atoms with Gasteiger partial charge in [0, 0.05) is 17.0 Å². The highest BCUT2D eigenvalue weighted by Crippen LogP contribution is 2.31. The second-order valence-electron chi connectivity index (χ2n) is 7.91. The molecule has 0 N–H and O–H groups in total. The average molecular weight is 389 g/mol. The molecule has 0 saturated carbocycles. The Morgan fingerprint density at radius 2 is 1.66 bits per heavy atom. The molecular formula is C24H20FNO3. The van der Waals surface area contributed by atoms with Gasteiger partial charge in [-0.2, -0.15) is 0 Å². The van der Waals surface area contributed by atoms with Crippen molar-refractivity contribution in [1.82, 2.24) is 5.16 Å². The number of benzene rings is 3. The fraction of sp³-hybridized carbons (Fsp3) is 0.167. The van der Waals surface area contributed by atoms with E-state index in [-0.39, 0.29) is 11.2 Å². The Labute approximate surface area is 167 Å². The number of ether oxygens (including phenoxy) is 1. The van der Waals surface area contributed by atoms with Gasteiger partial charge in [0.1, 0.15) is 17.3 Å². The number of hydrogen-bond acceptors (Lipinski definition) is 4. The van der Waals surface area contributed by atoms with E-state index in [1.807, 2.05) is 12.1 Å². The predicted molar refractivity (Wildman–Crippen MR) is 110 cm³/mol. The highest BCUT2D eigenvalue weighted by atomic mass is 19.1. The van der Waals surface area contributed by atoms with Crippen molar-refractivity contribution in [2.24, 2.45) is 0 Å². The van der Waals surface area contributed by atoms with Crippen LogP contribution in [0.5, 0.6) is 5.75 Å². The number of hydrogen-bond donors (Lipinski definition) is 0. The molecule has 0 atom stereocenters. The Balaban J connectivity index is 1.56. The molecule has 0 amide bonds. The van der Waals surface area contributed by atoms with E-state index in [1.165, 1.54) is 12.1 Å². The molecule has 4 nitrogen and oxygen atoms in total. The first-order valence-electron chi connectivity index (χ1n) is 9.29. The highest BCUT2D eigenvalue weighted by Gasteiger charge is 2.16. The molecule has 0 bridgehead atoms. The number of carbonyl (C=O) groups is 1. The molecule has 1 heterocycles. The first kappa shape index (κ1) is 18.9. The summed E-state index contributed by atoms with van der Waals surface area (Å²) in [6.45, 7) is 6.35. The van der Waals surface area contributed by atoms with Crippen LogP contribution in [0.15, 0.2) is 71.3 Å². The third-order valence-electron chi connectivity index (χ3n) is 4.76. The largest absolute Gasteiger partial charge is 0.423 e. The Hall–Kier alpha value is -3.47. The van der Waals surface area contributed by atoms with E-state index in [1.54, 1.807) is 42.5 Å². The van der Waals surface area contributed by atoms with E-state index in [0.717, 1.165) is 16.5 Å². The Morgan fingerprint density at radius 3 is 2.31 bits per heavy atom. The van der Waals surface area contributed by atoms with Crippen molar-refractivity contribution >= 4 is 16.9 Å². The van der Waals surface area contributed by atoms with Crippen LogP contribution in [-0.4, -0.2) is 11.1 Å². The number of fused-ring (bicyclic) bond motifs is 1. The molecule has 29 heavy (non-hydrogen) atoms. The summed E-state index contributed by atoms with van der Waals surface area (Å²) in [6.07, 6.45) is 0. The van der Waals surface area contributed by atoms with Crippen molar-refractivity contribution < 1.29 is 18.4 Å². The fourth-order valence-electron chi connectivity index (χ4n) is 3.07. The number of esters is 1. The molecule has 1 aromatic heterocycles. The second kappa shape index (κ2) is 7.17. The van der Waals surface area contributed by atoms with Crippen molar-refractivity contribution in [3.8, 4) is 17.0 Å². The molecule has 0 radical (unpaired) electrons. The van der Waals surface area contributed by atoms with Crippen LogP contribution in [0.1, 0.15) is 36.7 Å². The van der Waals surface area contributed by atoms with Crippen LogP contribution in [0.2, 0.25) is 0 Å². The quantitative estimate of drug-likeness (QED) is 0.311. The number of rotatable bonds is 3. The zero-order chi connectivity index (χ0) is 20.6. The molecule has 0 fully saturated rings. The summed E-state index contributed by atoms with van der Waals surface area (Å²) in [5, 5.41) is 4.82. The third kappa shape index (κ3) is 3.90. The highest BCUT2D eigenvalue weighted by molar-refractivity contribution is 5.94. The molecule has 146 valence electrons. The molecule has 0 aliphatic carbocycles. The van der Waals surface area contributed by atoms with Crippen LogP contribution in [0, 0.1) is 5.82 Å². The average Bonchev–Trinajstić information content (AvgIpc) is 3.11. The number of aromatic nitrogens is 1. The predicted octanol–water partition coefficient (Wildman–Crippen LogP) is 6.15. The Kier molecular flexibility index (Phi) is 4.66. The third-order valence-corrected chi connectivity index (χ3v) is 4.76. The zero-order valence-electron chi connectivity index (χ0n) is 16.4. The maximum Gasteiger partial charge on any atom is 0.343 e. The maximum atomic E-state index is 13.1. The smallest absolute Gasteiger partial charge is 0.343 e. The summed E-state index contributed by atoms with van der Waals surface area (Å²) >= 11 is 0. The van der Waals surface area contributed by atoms with Gasteiger partial charge in [-0.15, -0.1) is 0 Å². The van der Waals surface area contributed by atoms with Gasteiger partial charge in [-0.1, -0.05) is 38.1 Å². The lowest BCUT2D eigenvalue weighted by Gasteiger charge is -2.18. The summed E-state index contributed by atoms with van der Waals surface area (Å²) < 4.78 is 24.0. The summed E-state index contributed by atoms with van der Waals surface area (Å²) in [5.41, 5.74) is 3.47. The molecule has 0 unspecified atom stereocenters. The van der Waals surface area contributed by atoms with Gasteiger partial charge in [-0.25, -0.2) is 9.18 Å². The molecule has 4 aromatic rings. The van der Waals surface area contributed by atoms with Crippen molar-refractivity contribution in [2.75, 3.05) is 0 Å². The molecule has 0 aliphatic heterocycles. The van der Waals surface area contributed by atoms with E-state index in [0.29, 0.717) is 22.6 Å². The summed E-state index contributed by atoms with van der Waals surface area (Å²) in [4.78, 5) is 12.5. The van der Waals surface area contributed by atoms with Crippen molar-refractivity contribution in [2.45, 2.75) is 26.2 Å². The SMILES string of the molecule is CC(C)(C)c1ccc(C(=O)Oc2ccc3c(-c4ccc(F)cc4)noc3c2)cc1. The van der Waals surface area contributed by atoms with Gasteiger partial charge >= 0.3 is 5.97 Å². The fourth-order valence-corrected chi connectivity index (χ4v) is 3.07. The molecule has 5 heteroatoms. The van der Waals surface area contributed by atoms with E-state index >= 15 is 0 Å². The number of halogens is 1. The zero-order valence-corrected chi connectivity index (χ0v) is 16.4. The van der Waals surface area contributed by atoms with E-state index in [2.05, 4.69) is 25.9 Å². The first-order chi connectivity index (χ1) is 13.8. The Bertz CT molecular complexity index is 1170. The number of nitrogens with zero attached hydrogens (tertiary/aromatic N) is 1. The summed E-state index contributed by atoms with van der Waals surface area (Å²) in [5.74, 6) is -0.390. The monoisotopic (exact) mass is 389 g/mol. The normalized spacial score (nSPS) is 11.6. The van der Waals surface area contributed by atoms with Gasteiger partial charge in [0.15, 0.2) is 5.58 Å². The lowest BCUT2D eigenvalue weighted by atomic mass is 9.87. The van der Waals surface area contributed by atoms with Gasteiger partial charge in [0.2, 0.25) is 0 Å². The molecule has 4 rings (SSSR count). The molecular weight excluding hydrogens is 369 g/mol. The van der Waals surface area contributed by atoms with Crippen molar-refractivity contribution in [3.05, 3.63) is 83.7 Å². The van der Waals surface area contributed by atoms with Gasteiger partial charge in [-0.05, 0) is 59.5 Å².